The van der Waals surface area contributed by atoms with Crippen LogP contribution in [0.2, 0.25) is 0 Å². The number of aliphatic hydroxyl groups excluding tert-OH is 1. The van der Waals surface area contributed by atoms with Crippen molar-refractivity contribution in [3.05, 3.63) is 0 Å². The fourth-order valence-corrected chi connectivity index (χ4v) is 2.25. The van der Waals surface area contributed by atoms with Gasteiger partial charge in [-0.25, -0.2) is 0 Å². The quantitative estimate of drug-likeness (QED) is 0.627. The lowest BCUT2D eigenvalue weighted by Crippen LogP contribution is -2.60. The first-order chi connectivity index (χ1) is 5.37. The second-order valence-electron chi connectivity index (χ2n) is 5.15. The average molecular weight is 171 g/mol. The lowest BCUT2D eigenvalue weighted by Gasteiger charge is -2.47. The largest absolute Gasteiger partial charge is 0.396 e. The van der Waals surface area contributed by atoms with Crippen LogP contribution in [0.3, 0.4) is 0 Å². The van der Waals surface area contributed by atoms with Crippen molar-refractivity contribution in [1.29, 1.82) is 0 Å². The van der Waals surface area contributed by atoms with Crippen LogP contribution < -0.4 is 5.32 Å². The monoisotopic (exact) mass is 171 g/mol. The van der Waals surface area contributed by atoms with Gasteiger partial charge in [0.25, 0.3) is 0 Å². The Morgan fingerprint density at radius 3 is 2.33 bits per heavy atom. The van der Waals surface area contributed by atoms with Crippen LogP contribution in [0.5, 0.6) is 0 Å². The highest BCUT2D eigenvalue weighted by molar-refractivity contribution is 4.98. The van der Waals surface area contributed by atoms with E-state index in [0.29, 0.717) is 12.5 Å². The Kier molecular flexibility index (Phi) is 2.50. The van der Waals surface area contributed by atoms with Crippen LogP contribution in [0.15, 0.2) is 0 Å². The predicted molar refractivity (Wildman–Crippen MR) is 51.1 cm³/mol. The fraction of sp³-hybridized carbons (Fsp3) is 1.00. The molecule has 0 bridgehead atoms. The van der Waals surface area contributed by atoms with Gasteiger partial charge in [-0.15, -0.1) is 0 Å². The molecule has 12 heavy (non-hydrogen) atoms. The second-order valence-corrected chi connectivity index (χ2v) is 5.15. The minimum absolute atomic E-state index is 0.0799. The first-order valence-electron chi connectivity index (χ1n) is 4.77. The molecule has 1 aliphatic rings. The van der Waals surface area contributed by atoms with Crippen LogP contribution in [0.4, 0.5) is 0 Å². The summed E-state index contributed by atoms with van der Waals surface area (Å²) in [7, 11) is 0. The molecule has 1 fully saturated rings. The van der Waals surface area contributed by atoms with Crippen molar-refractivity contribution in [3.63, 3.8) is 0 Å². The summed E-state index contributed by atoms with van der Waals surface area (Å²) in [5, 5.41) is 12.7. The van der Waals surface area contributed by atoms with Crippen LogP contribution in [0, 0.1) is 5.92 Å². The van der Waals surface area contributed by atoms with Gasteiger partial charge in [0, 0.05) is 17.7 Å². The normalized spacial score (nSPS) is 33.2. The maximum absolute atomic E-state index is 9.16. The van der Waals surface area contributed by atoms with Crippen LogP contribution >= 0.6 is 0 Å². The molecular weight excluding hydrogens is 150 g/mol. The smallest absolute Gasteiger partial charge is 0.0476 e. The summed E-state index contributed by atoms with van der Waals surface area (Å²) < 4.78 is 0. The van der Waals surface area contributed by atoms with Crippen LogP contribution in [0.1, 0.15) is 40.5 Å². The van der Waals surface area contributed by atoms with Gasteiger partial charge < -0.3 is 10.4 Å². The van der Waals surface area contributed by atoms with E-state index in [1.165, 1.54) is 0 Å². The van der Waals surface area contributed by atoms with Crippen molar-refractivity contribution in [2.45, 2.75) is 51.6 Å². The SMILES string of the molecule is CC1(C)CCC(CO)C(C)(C)N1. The second kappa shape index (κ2) is 3.00. The van der Waals surface area contributed by atoms with Crippen LogP contribution in [0.25, 0.3) is 0 Å². The van der Waals surface area contributed by atoms with Gasteiger partial charge >= 0.3 is 0 Å². The molecule has 1 rings (SSSR count). The third kappa shape index (κ3) is 1.99. The number of hydrogen-bond donors (Lipinski definition) is 2. The molecule has 0 saturated carbocycles. The van der Waals surface area contributed by atoms with E-state index < -0.39 is 0 Å². The molecule has 0 radical (unpaired) electrons. The average Bonchev–Trinajstić information content (AvgIpc) is 1.83. The molecule has 0 aliphatic carbocycles. The first kappa shape index (κ1) is 10.0. The Labute approximate surface area is 75.4 Å². The van der Waals surface area contributed by atoms with Gasteiger partial charge in [-0.05, 0) is 46.5 Å². The van der Waals surface area contributed by atoms with E-state index >= 15 is 0 Å². The number of aliphatic hydroxyl groups is 1. The molecular formula is C10H21NO. The first-order valence-corrected chi connectivity index (χ1v) is 4.77. The Hall–Kier alpha value is -0.0800. The number of rotatable bonds is 1. The molecule has 2 heteroatoms. The van der Waals surface area contributed by atoms with E-state index in [9.17, 15) is 0 Å². The number of piperidine rings is 1. The van der Waals surface area contributed by atoms with Gasteiger partial charge in [0.2, 0.25) is 0 Å². The number of hydrogen-bond acceptors (Lipinski definition) is 2. The predicted octanol–water partition coefficient (Wildman–Crippen LogP) is 1.54. The fourth-order valence-electron chi connectivity index (χ4n) is 2.25. The Morgan fingerprint density at radius 2 is 1.92 bits per heavy atom. The zero-order valence-electron chi connectivity index (χ0n) is 8.65. The highest BCUT2D eigenvalue weighted by atomic mass is 16.3. The summed E-state index contributed by atoms with van der Waals surface area (Å²) in [6.45, 7) is 9.10. The molecule has 1 atom stereocenters. The lowest BCUT2D eigenvalue weighted by molar-refractivity contribution is 0.0658. The van der Waals surface area contributed by atoms with Gasteiger partial charge in [0.1, 0.15) is 0 Å². The summed E-state index contributed by atoms with van der Waals surface area (Å²) in [4.78, 5) is 0. The van der Waals surface area contributed by atoms with E-state index in [2.05, 4.69) is 33.0 Å². The van der Waals surface area contributed by atoms with Gasteiger partial charge in [0.05, 0.1) is 0 Å². The highest BCUT2D eigenvalue weighted by Gasteiger charge is 2.38. The van der Waals surface area contributed by atoms with Gasteiger partial charge in [-0.2, -0.15) is 0 Å². The number of nitrogens with one attached hydrogen (secondary N) is 1. The highest BCUT2D eigenvalue weighted by Crippen LogP contribution is 2.32. The van der Waals surface area contributed by atoms with Crippen LogP contribution in [-0.2, 0) is 0 Å². The topological polar surface area (TPSA) is 32.3 Å². The molecule has 72 valence electrons. The van der Waals surface area contributed by atoms with Gasteiger partial charge in [-0.3, -0.25) is 0 Å². The minimum Gasteiger partial charge on any atom is -0.396 e. The van der Waals surface area contributed by atoms with Gasteiger partial charge in [0.15, 0.2) is 0 Å². The Morgan fingerprint density at radius 1 is 1.33 bits per heavy atom. The maximum atomic E-state index is 9.16. The van der Waals surface area contributed by atoms with Crippen molar-refractivity contribution >= 4 is 0 Å². The molecule has 0 aromatic carbocycles. The lowest BCUT2D eigenvalue weighted by atomic mass is 9.75. The zero-order chi connectivity index (χ0) is 9.41. The standard InChI is InChI=1S/C10H21NO/c1-9(2)6-5-8(7-12)10(3,4)11-9/h8,11-12H,5-7H2,1-4H3. The Balaban J connectivity index is 2.67. The summed E-state index contributed by atoms with van der Waals surface area (Å²) in [6.07, 6.45) is 2.28. The molecule has 1 saturated heterocycles. The summed E-state index contributed by atoms with van der Waals surface area (Å²) in [5.74, 6) is 0.408. The molecule has 1 unspecified atom stereocenters. The molecule has 2 nitrogen and oxygen atoms in total. The van der Waals surface area contributed by atoms with Crippen molar-refractivity contribution in [2.24, 2.45) is 5.92 Å². The molecule has 2 N–H and O–H groups in total. The third-order valence-corrected chi connectivity index (χ3v) is 3.02. The minimum atomic E-state index is 0.0799. The van der Waals surface area contributed by atoms with Gasteiger partial charge in [-0.1, -0.05) is 0 Å². The summed E-state index contributed by atoms with van der Waals surface area (Å²) in [6, 6.07) is 0. The van der Waals surface area contributed by atoms with E-state index in [4.69, 9.17) is 5.11 Å². The van der Waals surface area contributed by atoms with Crippen molar-refractivity contribution < 1.29 is 5.11 Å². The van der Waals surface area contributed by atoms with E-state index in [1.807, 2.05) is 0 Å². The molecule has 0 spiro atoms. The molecule has 1 aliphatic heterocycles. The van der Waals surface area contributed by atoms with E-state index in [-0.39, 0.29) is 11.1 Å². The maximum Gasteiger partial charge on any atom is 0.0476 e. The molecule has 0 aromatic rings. The van der Waals surface area contributed by atoms with Crippen molar-refractivity contribution in [2.75, 3.05) is 6.61 Å². The van der Waals surface area contributed by atoms with Crippen molar-refractivity contribution in [3.8, 4) is 0 Å². The van der Waals surface area contributed by atoms with Crippen LogP contribution in [-0.4, -0.2) is 22.8 Å². The van der Waals surface area contributed by atoms with E-state index in [1.54, 1.807) is 0 Å². The summed E-state index contributed by atoms with van der Waals surface area (Å²) >= 11 is 0. The third-order valence-electron chi connectivity index (χ3n) is 3.02. The van der Waals surface area contributed by atoms with Crippen molar-refractivity contribution in [1.82, 2.24) is 5.32 Å². The molecule has 1 heterocycles. The molecule has 0 aromatic heterocycles. The van der Waals surface area contributed by atoms with E-state index in [0.717, 1.165) is 12.8 Å². The molecule has 0 amide bonds. The summed E-state index contributed by atoms with van der Waals surface area (Å²) in [5.41, 5.74) is 0.311. The Bertz CT molecular complexity index is 163. The zero-order valence-corrected chi connectivity index (χ0v) is 8.65.